The first-order chi connectivity index (χ1) is 12.3. The van der Waals surface area contributed by atoms with Crippen molar-refractivity contribution in [3.05, 3.63) is 83.9 Å². The van der Waals surface area contributed by atoms with Crippen LogP contribution in [0.1, 0.15) is 21.6 Å². The standard InChI is InChI=1S/C20H18N4O/c25-20(18-13-21-10-11-22-18)23-17-7-3-1-6-16(17)14-24-12-9-15-5-2-4-8-19(15)24/h1-8,10-11,13H,9,12,14H2,(H,23,25). The maximum absolute atomic E-state index is 12.4. The number of benzene rings is 2. The van der Waals surface area contributed by atoms with Crippen molar-refractivity contribution < 1.29 is 4.79 Å². The van der Waals surface area contributed by atoms with E-state index in [0.29, 0.717) is 5.69 Å². The number of hydrogen-bond donors (Lipinski definition) is 1. The topological polar surface area (TPSA) is 58.1 Å². The third-order valence-electron chi connectivity index (χ3n) is 4.41. The van der Waals surface area contributed by atoms with Gasteiger partial charge < -0.3 is 10.2 Å². The largest absolute Gasteiger partial charge is 0.367 e. The first kappa shape index (κ1) is 15.3. The van der Waals surface area contributed by atoms with Crippen LogP contribution >= 0.6 is 0 Å². The molecule has 0 saturated carbocycles. The smallest absolute Gasteiger partial charge is 0.275 e. The first-order valence-corrected chi connectivity index (χ1v) is 8.29. The molecule has 0 saturated heterocycles. The highest BCUT2D eigenvalue weighted by atomic mass is 16.1. The Kier molecular flexibility index (Phi) is 4.12. The normalized spacial score (nSPS) is 12.7. The number of para-hydroxylation sites is 2. The average Bonchev–Trinajstić information content (AvgIpc) is 3.07. The summed E-state index contributed by atoms with van der Waals surface area (Å²) in [6.07, 6.45) is 5.59. The molecule has 124 valence electrons. The number of nitrogens with one attached hydrogen (secondary N) is 1. The minimum absolute atomic E-state index is 0.248. The fourth-order valence-corrected chi connectivity index (χ4v) is 3.16. The predicted octanol–water partition coefficient (Wildman–Crippen LogP) is 3.29. The van der Waals surface area contributed by atoms with Crippen LogP contribution in [0.3, 0.4) is 0 Å². The monoisotopic (exact) mass is 330 g/mol. The van der Waals surface area contributed by atoms with Gasteiger partial charge in [0.1, 0.15) is 5.69 Å². The van der Waals surface area contributed by atoms with Gasteiger partial charge in [-0.05, 0) is 29.7 Å². The lowest BCUT2D eigenvalue weighted by molar-refractivity contribution is 0.102. The number of aromatic nitrogens is 2. The van der Waals surface area contributed by atoms with Gasteiger partial charge in [0.15, 0.2) is 0 Å². The van der Waals surface area contributed by atoms with Gasteiger partial charge in [-0.15, -0.1) is 0 Å². The third-order valence-corrected chi connectivity index (χ3v) is 4.41. The molecule has 1 aliphatic heterocycles. The fourth-order valence-electron chi connectivity index (χ4n) is 3.16. The molecule has 0 atom stereocenters. The lowest BCUT2D eigenvalue weighted by Crippen LogP contribution is -2.21. The molecule has 5 nitrogen and oxygen atoms in total. The molecule has 0 fully saturated rings. The Morgan fingerprint density at radius 1 is 1.08 bits per heavy atom. The van der Waals surface area contributed by atoms with Crippen molar-refractivity contribution in [2.24, 2.45) is 0 Å². The molecule has 1 aromatic heterocycles. The highest BCUT2D eigenvalue weighted by Crippen LogP contribution is 2.30. The van der Waals surface area contributed by atoms with Crippen molar-refractivity contribution in [1.29, 1.82) is 0 Å². The summed E-state index contributed by atoms with van der Waals surface area (Å²) < 4.78 is 0. The Morgan fingerprint density at radius 2 is 1.92 bits per heavy atom. The Morgan fingerprint density at radius 3 is 2.80 bits per heavy atom. The van der Waals surface area contributed by atoms with Gasteiger partial charge in [-0.2, -0.15) is 0 Å². The van der Waals surface area contributed by atoms with Crippen LogP contribution in [0.15, 0.2) is 67.1 Å². The average molecular weight is 330 g/mol. The van der Waals surface area contributed by atoms with Crippen molar-refractivity contribution in [3.63, 3.8) is 0 Å². The van der Waals surface area contributed by atoms with Crippen molar-refractivity contribution >= 4 is 17.3 Å². The van der Waals surface area contributed by atoms with Gasteiger partial charge in [0.05, 0.1) is 6.20 Å². The number of fused-ring (bicyclic) bond motifs is 1. The molecule has 0 aliphatic carbocycles. The number of anilines is 2. The molecule has 3 aromatic rings. The Hall–Kier alpha value is -3.21. The maximum Gasteiger partial charge on any atom is 0.275 e. The van der Waals surface area contributed by atoms with Crippen LogP contribution in [0.25, 0.3) is 0 Å². The Balaban J connectivity index is 1.55. The molecule has 2 heterocycles. The Bertz CT molecular complexity index is 895. The third kappa shape index (κ3) is 3.21. The summed E-state index contributed by atoms with van der Waals surface area (Å²) in [7, 11) is 0. The van der Waals surface area contributed by atoms with Crippen LogP contribution in [-0.4, -0.2) is 22.4 Å². The van der Waals surface area contributed by atoms with E-state index in [-0.39, 0.29) is 5.91 Å². The number of hydrogen-bond acceptors (Lipinski definition) is 4. The second-order valence-electron chi connectivity index (χ2n) is 6.00. The molecular weight excluding hydrogens is 312 g/mol. The highest BCUT2D eigenvalue weighted by molar-refractivity contribution is 6.03. The molecule has 1 amide bonds. The molecule has 0 spiro atoms. The van der Waals surface area contributed by atoms with Crippen LogP contribution in [0.4, 0.5) is 11.4 Å². The van der Waals surface area contributed by atoms with E-state index in [2.05, 4.69) is 44.5 Å². The summed E-state index contributed by atoms with van der Waals surface area (Å²) in [5, 5.41) is 2.96. The van der Waals surface area contributed by atoms with Crippen LogP contribution in [0.2, 0.25) is 0 Å². The van der Waals surface area contributed by atoms with Gasteiger partial charge in [0.25, 0.3) is 5.91 Å². The van der Waals surface area contributed by atoms with Gasteiger partial charge in [-0.1, -0.05) is 36.4 Å². The molecule has 2 aromatic carbocycles. The molecule has 25 heavy (non-hydrogen) atoms. The van der Waals surface area contributed by atoms with E-state index in [1.807, 2.05) is 24.3 Å². The molecule has 0 radical (unpaired) electrons. The number of nitrogens with zero attached hydrogens (tertiary/aromatic N) is 3. The summed E-state index contributed by atoms with van der Waals surface area (Å²) >= 11 is 0. The summed E-state index contributed by atoms with van der Waals surface area (Å²) in [5.74, 6) is -0.248. The number of amides is 1. The lowest BCUT2D eigenvalue weighted by atomic mass is 10.1. The summed E-state index contributed by atoms with van der Waals surface area (Å²) in [6.45, 7) is 1.75. The fraction of sp³-hybridized carbons (Fsp3) is 0.150. The SMILES string of the molecule is O=C(Nc1ccccc1CN1CCc2ccccc21)c1cnccn1. The van der Waals surface area contributed by atoms with Crippen LogP contribution in [-0.2, 0) is 13.0 Å². The van der Waals surface area contributed by atoms with E-state index in [0.717, 1.165) is 30.8 Å². The summed E-state index contributed by atoms with van der Waals surface area (Å²) in [6, 6.07) is 16.4. The predicted molar refractivity (Wildman–Crippen MR) is 97.6 cm³/mol. The molecule has 0 bridgehead atoms. The van der Waals surface area contributed by atoms with Crippen molar-refractivity contribution in [2.75, 3.05) is 16.8 Å². The van der Waals surface area contributed by atoms with Crippen LogP contribution in [0.5, 0.6) is 0 Å². The number of rotatable bonds is 4. The molecule has 0 unspecified atom stereocenters. The molecule has 1 aliphatic rings. The van der Waals surface area contributed by atoms with E-state index < -0.39 is 0 Å². The lowest BCUT2D eigenvalue weighted by Gasteiger charge is -2.21. The second-order valence-corrected chi connectivity index (χ2v) is 6.00. The van der Waals surface area contributed by atoms with E-state index in [1.165, 1.54) is 23.6 Å². The van der Waals surface area contributed by atoms with Crippen molar-refractivity contribution in [2.45, 2.75) is 13.0 Å². The van der Waals surface area contributed by atoms with Gasteiger partial charge in [-0.25, -0.2) is 4.98 Å². The summed E-state index contributed by atoms with van der Waals surface area (Å²) in [5.41, 5.74) is 4.85. The van der Waals surface area contributed by atoms with Crippen LogP contribution in [0, 0.1) is 0 Å². The zero-order valence-corrected chi connectivity index (χ0v) is 13.7. The van der Waals surface area contributed by atoms with E-state index >= 15 is 0 Å². The first-order valence-electron chi connectivity index (χ1n) is 8.29. The van der Waals surface area contributed by atoms with E-state index in [4.69, 9.17) is 0 Å². The number of carbonyl (C=O) groups excluding carboxylic acids is 1. The zero-order valence-electron chi connectivity index (χ0n) is 13.7. The molecular formula is C20H18N4O. The van der Waals surface area contributed by atoms with E-state index in [9.17, 15) is 4.79 Å². The second kappa shape index (κ2) is 6.73. The highest BCUT2D eigenvalue weighted by Gasteiger charge is 2.19. The molecule has 4 rings (SSSR count). The minimum Gasteiger partial charge on any atom is -0.367 e. The van der Waals surface area contributed by atoms with Crippen molar-refractivity contribution in [1.82, 2.24) is 9.97 Å². The zero-order chi connectivity index (χ0) is 17.1. The summed E-state index contributed by atoms with van der Waals surface area (Å²) in [4.78, 5) is 22.7. The van der Waals surface area contributed by atoms with Gasteiger partial charge in [-0.3, -0.25) is 9.78 Å². The van der Waals surface area contributed by atoms with Gasteiger partial charge >= 0.3 is 0 Å². The van der Waals surface area contributed by atoms with Crippen molar-refractivity contribution in [3.8, 4) is 0 Å². The maximum atomic E-state index is 12.4. The molecule has 1 N–H and O–H groups in total. The van der Waals surface area contributed by atoms with Gasteiger partial charge in [0.2, 0.25) is 0 Å². The van der Waals surface area contributed by atoms with Gasteiger partial charge in [0, 0.05) is 36.9 Å². The quantitative estimate of drug-likeness (QED) is 0.797. The number of carbonyl (C=O) groups is 1. The minimum atomic E-state index is -0.248. The van der Waals surface area contributed by atoms with Crippen LogP contribution < -0.4 is 10.2 Å². The molecule has 5 heteroatoms. The van der Waals surface area contributed by atoms with E-state index in [1.54, 1.807) is 6.20 Å². The Labute approximate surface area is 146 Å².